The Hall–Kier alpha value is -5.75. The summed E-state index contributed by atoms with van der Waals surface area (Å²) in [5.41, 5.74) is 4.41. The van der Waals surface area contributed by atoms with Gasteiger partial charge in [-0.1, -0.05) is 30.1 Å². The molecule has 74 heavy (non-hydrogen) atoms. The number of carbonyl (C=O) groups excluding carboxylic acids is 2. The van der Waals surface area contributed by atoms with Crippen LogP contribution in [-0.4, -0.2) is 99.2 Å². The van der Waals surface area contributed by atoms with Gasteiger partial charge in [0, 0.05) is 107 Å². The van der Waals surface area contributed by atoms with Crippen molar-refractivity contribution in [2.45, 2.75) is 142 Å². The molecule has 8 rings (SSSR count). The van der Waals surface area contributed by atoms with Crippen molar-refractivity contribution in [1.82, 2.24) is 39.7 Å². The molecule has 2 aliphatic rings. The Morgan fingerprint density at radius 2 is 1.12 bits per heavy atom. The van der Waals surface area contributed by atoms with E-state index >= 15 is 0 Å². The van der Waals surface area contributed by atoms with Crippen molar-refractivity contribution < 1.29 is 22.8 Å². The standard InChI is InChI=1S/C55H69Cl2F3N10O4/c1-9-41-44(29-61-51(71)42-24-34(56)26-49(32(42)4)67(10-2)38-16-12-36(13-17-38)65(6)7)53(73)70-48(21-23-64-70)46(41)31-66(8)37-14-18-39(19-15-37)68(11-3)50-27-35(57)25-43(33(50)5)52(72)62-30-45-47(55(58,59)60)28-40-20-22-63-69(40)54(45)74/h20-28,36-39,63-64H,9-19,29-31H2,1-8H3,(H,61,71)(H,62,72). The minimum absolute atomic E-state index is 0.0422. The van der Waals surface area contributed by atoms with Crippen LogP contribution >= 0.6 is 23.2 Å². The Morgan fingerprint density at radius 1 is 0.649 bits per heavy atom. The summed E-state index contributed by atoms with van der Waals surface area (Å²) in [5, 5.41) is 12.2. The van der Waals surface area contributed by atoms with Crippen LogP contribution in [0.4, 0.5) is 24.5 Å². The number of amides is 2. The SMILES string of the molecule is CCc1c(CNC(=O)c2cc(Cl)cc(N(CC)C3CCC(N(C)C)CC3)c2C)c(=O)n2[nH]ccc2c1CN(C)C1CCC(N(CC)c2cc(Cl)cc(C(=O)NCc3c(C(F)(F)F)cc4cc[nH]n4c3=O)c2C)CC1. The monoisotopic (exact) mass is 1060 g/mol. The molecule has 0 saturated heterocycles. The van der Waals surface area contributed by atoms with Crippen molar-refractivity contribution in [1.29, 1.82) is 0 Å². The van der Waals surface area contributed by atoms with Gasteiger partial charge < -0.3 is 25.3 Å². The van der Waals surface area contributed by atoms with Crippen LogP contribution in [0.3, 0.4) is 0 Å². The fourth-order valence-corrected chi connectivity index (χ4v) is 12.3. The van der Waals surface area contributed by atoms with E-state index in [1.807, 2.05) is 39.0 Å². The molecule has 0 radical (unpaired) electrons. The molecule has 0 spiro atoms. The molecule has 4 aromatic heterocycles. The highest BCUT2D eigenvalue weighted by Crippen LogP contribution is 2.37. The summed E-state index contributed by atoms with van der Waals surface area (Å²) in [6.07, 6.45) is 6.67. The molecule has 398 valence electrons. The number of nitrogens with zero attached hydrogens (tertiary/aromatic N) is 6. The topological polar surface area (TPSA) is 146 Å². The van der Waals surface area contributed by atoms with E-state index in [4.69, 9.17) is 23.2 Å². The van der Waals surface area contributed by atoms with E-state index in [2.05, 4.69) is 68.5 Å². The maximum atomic E-state index is 14.2. The molecule has 19 heteroatoms. The van der Waals surface area contributed by atoms with Gasteiger partial charge in [-0.15, -0.1) is 0 Å². The molecule has 2 aliphatic carbocycles. The third-order valence-corrected chi connectivity index (χ3v) is 16.4. The van der Waals surface area contributed by atoms with E-state index in [1.165, 1.54) is 18.3 Å². The quantitative estimate of drug-likeness (QED) is 0.0707. The van der Waals surface area contributed by atoms with Crippen molar-refractivity contribution in [3.05, 3.63) is 136 Å². The predicted molar refractivity (Wildman–Crippen MR) is 288 cm³/mol. The van der Waals surface area contributed by atoms with Crippen molar-refractivity contribution >= 4 is 57.4 Å². The van der Waals surface area contributed by atoms with Crippen LogP contribution < -0.4 is 31.6 Å². The van der Waals surface area contributed by atoms with Gasteiger partial charge >= 0.3 is 6.18 Å². The molecule has 2 fully saturated rings. The van der Waals surface area contributed by atoms with Crippen molar-refractivity contribution in [3.63, 3.8) is 0 Å². The lowest BCUT2D eigenvalue weighted by atomic mass is 9.88. The van der Waals surface area contributed by atoms with Gasteiger partial charge in [0.1, 0.15) is 0 Å². The van der Waals surface area contributed by atoms with Gasteiger partial charge in [-0.05, 0) is 171 Å². The Labute approximate surface area is 440 Å². The van der Waals surface area contributed by atoms with Crippen LogP contribution in [0, 0.1) is 13.8 Å². The minimum atomic E-state index is -4.81. The van der Waals surface area contributed by atoms with E-state index in [-0.39, 0.29) is 41.2 Å². The first-order valence-electron chi connectivity index (χ1n) is 25.8. The molecule has 0 bridgehead atoms. The Balaban J connectivity index is 0.950. The lowest BCUT2D eigenvalue weighted by Gasteiger charge is -2.41. The van der Waals surface area contributed by atoms with E-state index in [0.717, 1.165) is 102 Å². The molecule has 0 atom stereocenters. The van der Waals surface area contributed by atoms with Gasteiger partial charge in [0.05, 0.1) is 22.2 Å². The molecule has 0 aliphatic heterocycles. The molecule has 4 heterocycles. The summed E-state index contributed by atoms with van der Waals surface area (Å²) < 4.78 is 45.0. The second kappa shape index (κ2) is 22.6. The Bertz CT molecular complexity index is 3150. The zero-order chi connectivity index (χ0) is 53.3. The summed E-state index contributed by atoms with van der Waals surface area (Å²) >= 11 is 13.4. The van der Waals surface area contributed by atoms with Crippen LogP contribution in [0.2, 0.25) is 10.0 Å². The molecule has 0 unspecified atom stereocenters. The molecule has 14 nitrogen and oxygen atoms in total. The van der Waals surface area contributed by atoms with Crippen LogP contribution in [0.25, 0.3) is 11.0 Å². The lowest BCUT2D eigenvalue weighted by Crippen LogP contribution is -2.43. The van der Waals surface area contributed by atoms with Gasteiger partial charge in [-0.25, -0.2) is 9.03 Å². The van der Waals surface area contributed by atoms with Crippen molar-refractivity contribution in [3.8, 4) is 0 Å². The number of rotatable bonds is 17. The zero-order valence-electron chi connectivity index (χ0n) is 43.6. The van der Waals surface area contributed by atoms with Gasteiger partial charge in [-0.2, -0.15) is 13.2 Å². The summed E-state index contributed by atoms with van der Waals surface area (Å²) in [5.74, 6) is -0.936. The minimum Gasteiger partial charge on any atom is -0.369 e. The number of hydrogen-bond donors (Lipinski definition) is 4. The van der Waals surface area contributed by atoms with Crippen molar-refractivity contribution in [2.75, 3.05) is 44.0 Å². The number of fused-ring (bicyclic) bond motifs is 2. The van der Waals surface area contributed by atoms with Gasteiger partial charge in [0.25, 0.3) is 22.9 Å². The van der Waals surface area contributed by atoms with Crippen LogP contribution in [-0.2, 0) is 32.2 Å². The summed E-state index contributed by atoms with van der Waals surface area (Å²) in [6.45, 7) is 11.4. The average Bonchev–Trinajstić information content (AvgIpc) is 4.08. The van der Waals surface area contributed by atoms with Crippen LogP contribution in [0.5, 0.6) is 0 Å². The number of pyridine rings is 2. The highest BCUT2D eigenvalue weighted by molar-refractivity contribution is 6.31. The number of aromatic amines is 2. The van der Waals surface area contributed by atoms with Gasteiger partial charge in [0.15, 0.2) is 0 Å². The molecular weight excluding hydrogens is 993 g/mol. The van der Waals surface area contributed by atoms with Gasteiger partial charge in [0.2, 0.25) is 0 Å². The van der Waals surface area contributed by atoms with E-state index in [1.54, 1.807) is 23.7 Å². The molecule has 2 amide bonds. The second-order valence-electron chi connectivity index (χ2n) is 20.3. The Morgan fingerprint density at radius 3 is 1.62 bits per heavy atom. The first-order chi connectivity index (χ1) is 35.2. The number of nitrogens with one attached hydrogen (secondary N) is 4. The number of alkyl halides is 3. The predicted octanol–water partition coefficient (Wildman–Crippen LogP) is 9.90. The van der Waals surface area contributed by atoms with Gasteiger partial charge in [-0.3, -0.25) is 34.3 Å². The van der Waals surface area contributed by atoms with Crippen LogP contribution in [0.15, 0.2) is 64.4 Å². The first kappa shape index (κ1) is 54.5. The second-order valence-corrected chi connectivity index (χ2v) is 21.1. The lowest BCUT2D eigenvalue weighted by molar-refractivity contribution is -0.138. The highest BCUT2D eigenvalue weighted by atomic mass is 35.5. The number of H-pyrrole nitrogens is 2. The molecule has 4 N–H and O–H groups in total. The third-order valence-electron chi connectivity index (χ3n) is 15.9. The molecule has 6 aromatic rings. The molecule has 2 saturated carbocycles. The smallest absolute Gasteiger partial charge is 0.369 e. The number of anilines is 2. The number of aromatic nitrogens is 4. The number of hydrogen-bond acceptors (Lipinski definition) is 8. The van der Waals surface area contributed by atoms with Crippen molar-refractivity contribution in [2.24, 2.45) is 0 Å². The third kappa shape index (κ3) is 11.0. The Kier molecular flexibility index (Phi) is 16.7. The maximum absolute atomic E-state index is 14.2. The summed E-state index contributed by atoms with van der Waals surface area (Å²) in [6, 6.07) is 12.4. The highest BCUT2D eigenvalue weighted by Gasteiger charge is 2.36. The fraction of sp³-hybridized carbons (Fsp3) is 0.491. The summed E-state index contributed by atoms with van der Waals surface area (Å²) in [4.78, 5) is 64.5. The normalized spacial score (nSPS) is 18.4. The van der Waals surface area contributed by atoms with E-state index < -0.39 is 35.3 Å². The molecule has 2 aromatic carbocycles. The van der Waals surface area contributed by atoms with Crippen LogP contribution in [0.1, 0.15) is 132 Å². The number of carbonyl (C=O) groups is 2. The van der Waals surface area contributed by atoms with E-state index in [0.29, 0.717) is 58.3 Å². The number of benzene rings is 2. The maximum Gasteiger partial charge on any atom is 0.417 e. The fourth-order valence-electron chi connectivity index (χ4n) is 11.9. The largest absolute Gasteiger partial charge is 0.417 e. The number of halogens is 5. The zero-order valence-corrected chi connectivity index (χ0v) is 45.1. The first-order valence-corrected chi connectivity index (χ1v) is 26.6. The average molecular weight is 1060 g/mol. The van der Waals surface area contributed by atoms with E-state index in [9.17, 15) is 32.3 Å². The summed E-state index contributed by atoms with van der Waals surface area (Å²) in [7, 11) is 6.39. The molecular formula is C55H69Cl2F3N10O4.